The molecule has 4 aromatic rings. The maximum absolute atomic E-state index is 6.14. The Kier molecular flexibility index (Phi) is 5.26. The number of nitrogens with one attached hydrogen (secondary N) is 1. The van der Waals surface area contributed by atoms with Gasteiger partial charge in [-0.3, -0.25) is 9.58 Å². The zero-order valence-corrected chi connectivity index (χ0v) is 18.9. The number of aryl methyl sites for hydroxylation is 3. The van der Waals surface area contributed by atoms with Gasteiger partial charge < -0.3 is 10.1 Å². The molecule has 0 unspecified atom stereocenters. The van der Waals surface area contributed by atoms with Crippen LogP contribution in [0.5, 0.6) is 5.75 Å². The molecule has 0 radical (unpaired) electrons. The monoisotopic (exact) mass is 432 g/mol. The summed E-state index contributed by atoms with van der Waals surface area (Å²) in [7, 11) is 4.07. The van der Waals surface area contributed by atoms with E-state index in [4.69, 9.17) is 4.74 Å². The normalized spacial score (nSPS) is 16.3. The molecule has 0 bridgehead atoms. The average molecular weight is 433 g/mol. The van der Waals surface area contributed by atoms with Crippen LogP contribution in [-0.2, 0) is 13.5 Å². The van der Waals surface area contributed by atoms with Crippen LogP contribution in [0.25, 0.3) is 16.8 Å². The minimum atomic E-state index is 0.479. The zero-order valence-electron chi connectivity index (χ0n) is 18.9. The second-order valence-corrected chi connectivity index (χ2v) is 8.30. The Hall–Kier alpha value is -3.46. The second-order valence-electron chi connectivity index (χ2n) is 8.30. The number of likely N-dealkylation sites (N-methyl/N-ethyl adjacent to an activating group) is 1. The van der Waals surface area contributed by atoms with Gasteiger partial charge in [0.05, 0.1) is 11.7 Å². The molecule has 0 spiro atoms. The Balaban J connectivity index is 1.40. The summed E-state index contributed by atoms with van der Waals surface area (Å²) in [4.78, 5) is 11.2. The number of hydrogen-bond donors (Lipinski definition) is 1. The highest BCUT2D eigenvalue weighted by atomic mass is 16.5. The van der Waals surface area contributed by atoms with Crippen molar-refractivity contribution in [2.45, 2.75) is 32.7 Å². The first-order valence-electron chi connectivity index (χ1n) is 11.0. The Labute approximate surface area is 187 Å². The van der Waals surface area contributed by atoms with Gasteiger partial charge >= 0.3 is 0 Å². The van der Waals surface area contributed by atoms with Crippen molar-refractivity contribution in [2.24, 2.45) is 7.05 Å². The van der Waals surface area contributed by atoms with E-state index in [1.807, 2.05) is 47.6 Å². The standard InChI is InChI=1S/C23H28N8O/c1-5-17-11-21(26-15(2)25-17)27-22-12-19-10-16(6-9-31(19)28-22)23-20(13-24-30(23)4)32-14-18-7-8-29(18)3/h6,9-13,18H,5,7-8,14H2,1-4H3,(H,25,26,27,28)/t18-/m1/s1. The Morgan fingerprint density at radius 3 is 2.78 bits per heavy atom. The third kappa shape index (κ3) is 3.91. The molecule has 0 saturated carbocycles. The first-order valence-corrected chi connectivity index (χ1v) is 11.0. The maximum atomic E-state index is 6.14. The molecule has 4 aromatic heterocycles. The molecule has 0 aliphatic carbocycles. The van der Waals surface area contributed by atoms with Crippen LogP contribution in [0.1, 0.15) is 24.9 Å². The molecule has 1 fully saturated rings. The minimum absolute atomic E-state index is 0.479. The SMILES string of the molecule is CCc1cc(Nc2cc3cc(-c4c(OC[C@H]5CCN5C)cnn4C)ccn3n2)nc(C)n1. The fraction of sp³-hybridized carbons (Fsp3) is 0.391. The van der Waals surface area contributed by atoms with E-state index < -0.39 is 0 Å². The summed E-state index contributed by atoms with van der Waals surface area (Å²) in [5.41, 5.74) is 3.97. The summed E-state index contributed by atoms with van der Waals surface area (Å²) >= 11 is 0. The lowest BCUT2D eigenvalue weighted by atomic mass is 10.1. The Morgan fingerprint density at radius 1 is 1.16 bits per heavy atom. The number of nitrogens with zero attached hydrogens (tertiary/aromatic N) is 7. The summed E-state index contributed by atoms with van der Waals surface area (Å²) in [6.07, 6.45) is 5.79. The Morgan fingerprint density at radius 2 is 2.03 bits per heavy atom. The third-order valence-electron chi connectivity index (χ3n) is 6.02. The lowest BCUT2D eigenvalue weighted by Gasteiger charge is -2.37. The van der Waals surface area contributed by atoms with E-state index in [1.54, 1.807) is 6.20 Å². The van der Waals surface area contributed by atoms with Crippen LogP contribution in [0, 0.1) is 6.92 Å². The van der Waals surface area contributed by atoms with Gasteiger partial charge in [-0.1, -0.05) is 6.92 Å². The average Bonchev–Trinajstić information content (AvgIpc) is 3.34. The van der Waals surface area contributed by atoms with Gasteiger partial charge in [-0.05, 0) is 45.5 Å². The van der Waals surface area contributed by atoms with E-state index in [-0.39, 0.29) is 0 Å². The van der Waals surface area contributed by atoms with Crippen LogP contribution >= 0.6 is 0 Å². The summed E-state index contributed by atoms with van der Waals surface area (Å²) in [5.74, 6) is 3.03. The van der Waals surface area contributed by atoms with Crippen molar-refractivity contribution in [2.75, 3.05) is 25.5 Å². The number of likely N-dealkylation sites (tertiary alicyclic amines) is 1. The zero-order chi connectivity index (χ0) is 22.2. The van der Waals surface area contributed by atoms with Crippen molar-refractivity contribution < 1.29 is 4.74 Å². The van der Waals surface area contributed by atoms with Gasteiger partial charge in [0.1, 0.15) is 23.9 Å². The van der Waals surface area contributed by atoms with E-state index in [0.29, 0.717) is 12.6 Å². The highest BCUT2D eigenvalue weighted by Gasteiger charge is 2.25. The smallest absolute Gasteiger partial charge is 0.165 e. The topological polar surface area (TPSA) is 85.4 Å². The van der Waals surface area contributed by atoms with E-state index >= 15 is 0 Å². The molecule has 1 aliphatic rings. The summed E-state index contributed by atoms with van der Waals surface area (Å²) < 4.78 is 9.85. The van der Waals surface area contributed by atoms with E-state index in [1.165, 1.54) is 6.42 Å². The fourth-order valence-electron chi connectivity index (χ4n) is 4.03. The van der Waals surface area contributed by atoms with Crippen LogP contribution in [0.4, 0.5) is 11.6 Å². The highest BCUT2D eigenvalue weighted by molar-refractivity contribution is 5.72. The lowest BCUT2D eigenvalue weighted by Crippen LogP contribution is -2.48. The van der Waals surface area contributed by atoms with Crippen molar-refractivity contribution in [3.8, 4) is 17.0 Å². The van der Waals surface area contributed by atoms with Crippen molar-refractivity contribution in [1.82, 2.24) is 34.3 Å². The minimum Gasteiger partial charge on any atom is -0.488 e. The molecule has 0 amide bonds. The van der Waals surface area contributed by atoms with Crippen LogP contribution in [0.15, 0.2) is 36.7 Å². The van der Waals surface area contributed by atoms with Crippen LogP contribution < -0.4 is 10.1 Å². The molecule has 9 heteroatoms. The van der Waals surface area contributed by atoms with E-state index in [9.17, 15) is 0 Å². The molecule has 32 heavy (non-hydrogen) atoms. The van der Waals surface area contributed by atoms with Gasteiger partial charge in [-0.15, -0.1) is 0 Å². The molecular formula is C23H28N8O. The first-order chi connectivity index (χ1) is 15.5. The van der Waals surface area contributed by atoms with Crippen LogP contribution in [0.3, 0.4) is 0 Å². The quantitative estimate of drug-likeness (QED) is 0.480. The van der Waals surface area contributed by atoms with Gasteiger partial charge in [0.25, 0.3) is 0 Å². The number of aromatic nitrogens is 6. The number of anilines is 2. The number of fused-ring (bicyclic) bond motifs is 1. The molecular weight excluding hydrogens is 404 g/mol. The lowest BCUT2D eigenvalue weighted by molar-refractivity contribution is 0.0771. The third-order valence-corrected chi connectivity index (χ3v) is 6.02. The largest absolute Gasteiger partial charge is 0.488 e. The van der Waals surface area contributed by atoms with Crippen LogP contribution in [-0.4, -0.2) is 60.5 Å². The van der Waals surface area contributed by atoms with Crippen molar-refractivity contribution >= 4 is 17.2 Å². The molecule has 1 saturated heterocycles. The molecule has 0 aromatic carbocycles. The summed E-state index contributed by atoms with van der Waals surface area (Å²) in [5, 5.41) is 12.4. The molecule has 5 heterocycles. The van der Waals surface area contributed by atoms with Crippen molar-refractivity contribution in [1.29, 1.82) is 0 Å². The summed E-state index contributed by atoms with van der Waals surface area (Å²) in [6, 6.07) is 8.58. The number of ether oxygens (including phenoxy) is 1. The van der Waals surface area contributed by atoms with E-state index in [0.717, 1.165) is 58.6 Å². The van der Waals surface area contributed by atoms with E-state index in [2.05, 4.69) is 50.4 Å². The molecule has 5 rings (SSSR count). The molecule has 1 N–H and O–H groups in total. The van der Waals surface area contributed by atoms with Crippen molar-refractivity contribution in [3.05, 3.63) is 48.2 Å². The fourth-order valence-corrected chi connectivity index (χ4v) is 4.03. The maximum Gasteiger partial charge on any atom is 0.165 e. The van der Waals surface area contributed by atoms with Gasteiger partial charge in [-0.2, -0.15) is 10.2 Å². The second kappa shape index (κ2) is 8.23. The predicted molar refractivity (Wildman–Crippen MR) is 123 cm³/mol. The summed E-state index contributed by atoms with van der Waals surface area (Å²) in [6.45, 7) is 5.79. The van der Waals surface area contributed by atoms with Crippen molar-refractivity contribution in [3.63, 3.8) is 0 Å². The molecule has 1 aliphatic heterocycles. The van der Waals surface area contributed by atoms with Crippen LogP contribution in [0.2, 0.25) is 0 Å². The van der Waals surface area contributed by atoms with Gasteiger partial charge in [0.15, 0.2) is 11.6 Å². The molecule has 1 atom stereocenters. The van der Waals surface area contributed by atoms with Gasteiger partial charge in [0, 0.05) is 42.7 Å². The number of pyridine rings is 1. The molecule has 166 valence electrons. The number of hydrogen-bond acceptors (Lipinski definition) is 7. The Bertz CT molecular complexity index is 1260. The van der Waals surface area contributed by atoms with Gasteiger partial charge in [0.2, 0.25) is 0 Å². The predicted octanol–water partition coefficient (Wildman–Crippen LogP) is 3.22. The highest BCUT2D eigenvalue weighted by Crippen LogP contribution is 2.31. The first kappa shape index (κ1) is 20.4. The van der Waals surface area contributed by atoms with Gasteiger partial charge in [-0.25, -0.2) is 14.5 Å². The number of rotatable bonds is 7. The molecule has 9 nitrogen and oxygen atoms in total.